The number of benzene rings is 2. The summed E-state index contributed by atoms with van der Waals surface area (Å²) in [7, 11) is 0. The molecule has 0 saturated heterocycles. The molecule has 0 aromatic heterocycles. The molecule has 2 amide bonds. The van der Waals surface area contributed by atoms with E-state index in [4.69, 9.17) is 10.00 Å². The van der Waals surface area contributed by atoms with E-state index in [1.165, 1.54) is 11.8 Å². The average molecular weight is 411 g/mol. The van der Waals surface area contributed by atoms with Gasteiger partial charge in [0.1, 0.15) is 12.1 Å². The summed E-state index contributed by atoms with van der Waals surface area (Å²) in [6, 6.07) is 16.2. The second kappa shape index (κ2) is 11.5. The van der Waals surface area contributed by atoms with Gasteiger partial charge in [-0.1, -0.05) is 30.3 Å². The topological polar surface area (TPSA) is 108 Å². The Labute approximate surface area is 173 Å². The Hall–Kier alpha value is -3.31. The van der Waals surface area contributed by atoms with Crippen molar-refractivity contribution < 1.29 is 19.1 Å². The third kappa shape index (κ3) is 6.97. The standard InChI is InChI=1S/C21H21N3O4S/c1-29-12-11-18(24-20(26)15-7-3-2-4-8-15)21(27)28-14-19(25)23-17-10-6-5-9-16(17)13-22/h2-10,18H,11-12,14H2,1H3,(H,23,25)(H,24,26)/t18-/m0/s1. The van der Waals surface area contributed by atoms with Gasteiger partial charge < -0.3 is 15.4 Å². The molecule has 0 bridgehead atoms. The molecule has 0 aliphatic heterocycles. The highest BCUT2D eigenvalue weighted by Gasteiger charge is 2.23. The predicted molar refractivity (Wildman–Crippen MR) is 111 cm³/mol. The second-order valence-corrected chi connectivity index (χ2v) is 6.97. The van der Waals surface area contributed by atoms with Crippen molar-refractivity contribution in [1.82, 2.24) is 5.32 Å². The van der Waals surface area contributed by atoms with Gasteiger partial charge in [-0.25, -0.2) is 4.79 Å². The number of carbonyl (C=O) groups excluding carboxylic acids is 3. The van der Waals surface area contributed by atoms with E-state index in [1.54, 1.807) is 54.6 Å². The Morgan fingerprint density at radius 1 is 1.10 bits per heavy atom. The van der Waals surface area contributed by atoms with E-state index in [2.05, 4.69) is 10.6 Å². The van der Waals surface area contributed by atoms with Gasteiger partial charge in [0.05, 0.1) is 11.3 Å². The van der Waals surface area contributed by atoms with Crippen molar-refractivity contribution in [2.75, 3.05) is 23.9 Å². The highest BCUT2D eigenvalue weighted by molar-refractivity contribution is 7.98. The monoisotopic (exact) mass is 411 g/mol. The van der Waals surface area contributed by atoms with Crippen LogP contribution in [0.4, 0.5) is 5.69 Å². The fourth-order valence-electron chi connectivity index (χ4n) is 2.43. The molecule has 0 heterocycles. The molecule has 29 heavy (non-hydrogen) atoms. The molecule has 0 radical (unpaired) electrons. The van der Waals surface area contributed by atoms with Crippen LogP contribution in [0.25, 0.3) is 0 Å². The lowest BCUT2D eigenvalue weighted by molar-refractivity contribution is -0.149. The maximum atomic E-state index is 12.4. The van der Waals surface area contributed by atoms with Gasteiger partial charge in [0.25, 0.3) is 11.8 Å². The molecule has 0 fully saturated rings. The van der Waals surface area contributed by atoms with Crippen LogP contribution in [0.2, 0.25) is 0 Å². The molecule has 0 unspecified atom stereocenters. The molecule has 0 aliphatic carbocycles. The number of carbonyl (C=O) groups is 3. The Balaban J connectivity index is 1.94. The lowest BCUT2D eigenvalue weighted by Gasteiger charge is -2.17. The molecule has 0 spiro atoms. The number of thioether (sulfide) groups is 1. The molecular weight excluding hydrogens is 390 g/mol. The van der Waals surface area contributed by atoms with E-state index in [0.29, 0.717) is 29.0 Å². The quantitative estimate of drug-likeness (QED) is 0.614. The number of nitriles is 1. The number of hydrogen-bond acceptors (Lipinski definition) is 6. The summed E-state index contributed by atoms with van der Waals surface area (Å²) < 4.78 is 5.09. The van der Waals surface area contributed by atoms with Gasteiger partial charge in [-0.2, -0.15) is 17.0 Å². The van der Waals surface area contributed by atoms with Gasteiger partial charge in [0.2, 0.25) is 0 Å². The summed E-state index contributed by atoms with van der Waals surface area (Å²) >= 11 is 1.53. The normalized spacial score (nSPS) is 11.0. The Bertz CT molecular complexity index is 896. The van der Waals surface area contributed by atoms with Crippen LogP contribution in [-0.4, -0.2) is 42.4 Å². The van der Waals surface area contributed by atoms with Crippen molar-refractivity contribution in [2.24, 2.45) is 0 Å². The van der Waals surface area contributed by atoms with Crippen LogP contribution in [0, 0.1) is 11.3 Å². The maximum Gasteiger partial charge on any atom is 0.329 e. The van der Waals surface area contributed by atoms with E-state index in [-0.39, 0.29) is 5.91 Å². The maximum absolute atomic E-state index is 12.4. The lowest BCUT2D eigenvalue weighted by Crippen LogP contribution is -2.43. The molecule has 0 saturated carbocycles. The fraction of sp³-hybridized carbons (Fsp3) is 0.238. The number of esters is 1. The average Bonchev–Trinajstić information content (AvgIpc) is 2.75. The Morgan fingerprint density at radius 2 is 1.79 bits per heavy atom. The molecule has 2 aromatic rings. The van der Waals surface area contributed by atoms with E-state index in [1.807, 2.05) is 12.3 Å². The van der Waals surface area contributed by atoms with E-state index >= 15 is 0 Å². The van der Waals surface area contributed by atoms with Gasteiger partial charge >= 0.3 is 5.97 Å². The minimum Gasteiger partial charge on any atom is -0.454 e. The van der Waals surface area contributed by atoms with Crippen molar-refractivity contribution in [1.29, 1.82) is 5.26 Å². The first-order valence-corrected chi connectivity index (χ1v) is 10.2. The summed E-state index contributed by atoms with van der Waals surface area (Å²) in [4.78, 5) is 36.8. The van der Waals surface area contributed by atoms with Crippen LogP contribution in [-0.2, 0) is 14.3 Å². The number of hydrogen-bond donors (Lipinski definition) is 2. The third-order valence-corrected chi connectivity index (χ3v) is 4.55. The number of rotatable bonds is 9. The van der Waals surface area contributed by atoms with Crippen LogP contribution in [0.5, 0.6) is 0 Å². The Kier molecular flexibility index (Phi) is 8.73. The molecule has 7 nitrogen and oxygen atoms in total. The van der Waals surface area contributed by atoms with Crippen LogP contribution in [0.3, 0.4) is 0 Å². The second-order valence-electron chi connectivity index (χ2n) is 5.99. The molecule has 2 N–H and O–H groups in total. The number of ether oxygens (including phenoxy) is 1. The smallest absolute Gasteiger partial charge is 0.329 e. The molecule has 150 valence electrons. The third-order valence-electron chi connectivity index (χ3n) is 3.90. The number of para-hydroxylation sites is 1. The number of amides is 2. The fourth-order valence-corrected chi connectivity index (χ4v) is 2.90. The summed E-state index contributed by atoms with van der Waals surface area (Å²) in [6.45, 7) is -0.518. The predicted octanol–water partition coefficient (Wildman–Crippen LogP) is 2.59. The summed E-state index contributed by atoms with van der Waals surface area (Å²) in [6.07, 6.45) is 2.26. The molecule has 8 heteroatoms. The summed E-state index contributed by atoms with van der Waals surface area (Å²) in [5.41, 5.74) is 1.08. The van der Waals surface area contributed by atoms with Gasteiger partial charge in [0, 0.05) is 5.56 Å². The molecule has 2 rings (SSSR count). The van der Waals surface area contributed by atoms with Gasteiger partial charge in [-0.3, -0.25) is 9.59 Å². The number of nitrogens with one attached hydrogen (secondary N) is 2. The van der Waals surface area contributed by atoms with E-state index in [9.17, 15) is 14.4 Å². The highest BCUT2D eigenvalue weighted by atomic mass is 32.2. The molecular formula is C21H21N3O4S. The first kappa shape index (κ1) is 22.0. The van der Waals surface area contributed by atoms with Gasteiger partial charge in [-0.15, -0.1) is 0 Å². The van der Waals surface area contributed by atoms with Gasteiger partial charge in [0.15, 0.2) is 6.61 Å². The Morgan fingerprint density at radius 3 is 2.48 bits per heavy atom. The van der Waals surface area contributed by atoms with Crippen molar-refractivity contribution in [2.45, 2.75) is 12.5 Å². The first-order chi connectivity index (χ1) is 14.0. The summed E-state index contributed by atoms with van der Waals surface area (Å²) in [5.74, 6) is -1.01. The zero-order valence-corrected chi connectivity index (χ0v) is 16.7. The summed E-state index contributed by atoms with van der Waals surface area (Å²) in [5, 5.41) is 14.2. The van der Waals surface area contributed by atoms with Crippen molar-refractivity contribution in [3.05, 3.63) is 65.7 Å². The molecule has 2 aromatic carbocycles. The number of anilines is 1. The minimum atomic E-state index is -0.866. The zero-order valence-electron chi connectivity index (χ0n) is 15.9. The first-order valence-electron chi connectivity index (χ1n) is 8.85. The van der Waals surface area contributed by atoms with Crippen LogP contribution < -0.4 is 10.6 Å². The molecule has 1 atom stereocenters. The van der Waals surface area contributed by atoms with Crippen LogP contribution in [0.1, 0.15) is 22.3 Å². The van der Waals surface area contributed by atoms with Crippen molar-refractivity contribution in [3.63, 3.8) is 0 Å². The van der Waals surface area contributed by atoms with E-state index in [0.717, 1.165) is 0 Å². The van der Waals surface area contributed by atoms with E-state index < -0.39 is 24.5 Å². The zero-order chi connectivity index (χ0) is 21.1. The SMILES string of the molecule is CSCC[C@H](NC(=O)c1ccccc1)C(=O)OCC(=O)Nc1ccccc1C#N. The largest absolute Gasteiger partial charge is 0.454 e. The number of nitrogens with zero attached hydrogens (tertiary/aromatic N) is 1. The van der Waals surface area contributed by atoms with Crippen molar-refractivity contribution in [3.8, 4) is 6.07 Å². The van der Waals surface area contributed by atoms with Crippen LogP contribution >= 0.6 is 11.8 Å². The van der Waals surface area contributed by atoms with Gasteiger partial charge in [-0.05, 0) is 42.7 Å². The highest BCUT2D eigenvalue weighted by Crippen LogP contribution is 2.13. The van der Waals surface area contributed by atoms with Crippen LogP contribution in [0.15, 0.2) is 54.6 Å². The lowest BCUT2D eigenvalue weighted by atomic mass is 10.1. The molecule has 0 aliphatic rings. The minimum absolute atomic E-state index is 0.306. The van der Waals surface area contributed by atoms with Crippen molar-refractivity contribution >= 4 is 35.2 Å².